The summed E-state index contributed by atoms with van der Waals surface area (Å²) >= 11 is 0. The van der Waals surface area contributed by atoms with E-state index in [0.717, 1.165) is 18.8 Å². The number of nitrogens with zero attached hydrogens (tertiary/aromatic N) is 1. The van der Waals surface area contributed by atoms with Gasteiger partial charge in [-0.25, -0.2) is 4.39 Å². The molecular weight excluding hydrogens is 207 g/mol. The van der Waals surface area contributed by atoms with E-state index in [1.807, 2.05) is 13.0 Å². The van der Waals surface area contributed by atoms with E-state index in [9.17, 15) is 4.39 Å². The Labute approximate surface area is 95.0 Å². The van der Waals surface area contributed by atoms with Crippen molar-refractivity contribution in [1.29, 1.82) is 0 Å². The number of nitrogens with two attached hydrogens (primary N) is 1. The number of halogens is 1. The van der Waals surface area contributed by atoms with Crippen molar-refractivity contribution in [3.05, 3.63) is 29.6 Å². The van der Waals surface area contributed by atoms with Gasteiger partial charge in [0.2, 0.25) is 0 Å². The molecule has 0 saturated carbocycles. The van der Waals surface area contributed by atoms with E-state index in [0.29, 0.717) is 12.2 Å². The standard InChI is InChI=1S/C12H17FN2O/c1-9-8-15(5-6-16-9)12-4-2-3-11(13)10(12)7-14/h2-4,9H,5-8,14H2,1H3. The second-order valence-corrected chi connectivity index (χ2v) is 4.07. The van der Waals surface area contributed by atoms with Gasteiger partial charge in [0.1, 0.15) is 5.82 Å². The Bertz CT molecular complexity index is 370. The Balaban J connectivity index is 2.28. The summed E-state index contributed by atoms with van der Waals surface area (Å²) in [6.07, 6.45) is 0.183. The highest BCUT2D eigenvalue weighted by Gasteiger charge is 2.20. The molecule has 3 nitrogen and oxygen atoms in total. The minimum absolute atomic E-state index is 0.183. The highest BCUT2D eigenvalue weighted by Crippen LogP contribution is 2.24. The molecule has 1 aliphatic rings. The maximum Gasteiger partial charge on any atom is 0.129 e. The van der Waals surface area contributed by atoms with Gasteiger partial charge in [-0.3, -0.25) is 0 Å². The van der Waals surface area contributed by atoms with Gasteiger partial charge in [-0.15, -0.1) is 0 Å². The van der Waals surface area contributed by atoms with Gasteiger partial charge in [-0.2, -0.15) is 0 Å². The lowest BCUT2D eigenvalue weighted by molar-refractivity contribution is 0.0531. The zero-order valence-corrected chi connectivity index (χ0v) is 9.45. The highest BCUT2D eigenvalue weighted by molar-refractivity contribution is 5.54. The third-order valence-electron chi connectivity index (χ3n) is 2.88. The molecule has 4 heteroatoms. The van der Waals surface area contributed by atoms with Crippen molar-refractivity contribution in [2.45, 2.75) is 19.6 Å². The molecule has 0 aliphatic carbocycles. The van der Waals surface area contributed by atoms with Crippen LogP contribution in [0.25, 0.3) is 0 Å². The smallest absolute Gasteiger partial charge is 0.129 e. The number of anilines is 1. The number of ether oxygens (including phenoxy) is 1. The fourth-order valence-corrected chi connectivity index (χ4v) is 2.08. The van der Waals surface area contributed by atoms with Crippen molar-refractivity contribution >= 4 is 5.69 Å². The van der Waals surface area contributed by atoms with Crippen LogP contribution < -0.4 is 10.6 Å². The summed E-state index contributed by atoms with van der Waals surface area (Å²) < 4.78 is 19.0. The van der Waals surface area contributed by atoms with E-state index in [1.165, 1.54) is 6.07 Å². The average Bonchev–Trinajstić information content (AvgIpc) is 2.28. The van der Waals surface area contributed by atoms with E-state index < -0.39 is 0 Å². The maximum absolute atomic E-state index is 13.6. The van der Waals surface area contributed by atoms with Gasteiger partial charge in [0, 0.05) is 30.9 Å². The van der Waals surface area contributed by atoms with Crippen LogP contribution in [0.5, 0.6) is 0 Å². The summed E-state index contributed by atoms with van der Waals surface area (Å²) in [6, 6.07) is 5.10. The van der Waals surface area contributed by atoms with Crippen LogP contribution >= 0.6 is 0 Å². The van der Waals surface area contributed by atoms with Gasteiger partial charge in [0.05, 0.1) is 12.7 Å². The van der Waals surface area contributed by atoms with Crippen LogP contribution in [0.1, 0.15) is 12.5 Å². The van der Waals surface area contributed by atoms with E-state index in [4.69, 9.17) is 10.5 Å². The fraction of sp³-hybridized carbons (Fsp3) is 0.500. The molecule has 1 atom stereocenters. The summed E-state index contributed by atoms with van der Waals surface area (Å²) in [5.41, 5.74) is 7.09. The fourth-order valence-electron chi connectivity index (χ4n) is 2.08. The van der Waals surface area contributed by atoms with Crippen molar-refractivity contribution in [3.8, 4) is 0 Å². The summed E-state index contributed by atoms with van der Waals surface area (Å²) in [4.78, 5) is 2.14. The average molecular weight is 224 g/mol. The SMILES string of the molecule is CC1CN(c2cccc(F)c2CN)CCO1. The van der Waals surface area contributed by atoms with E-state index in [1.54, 1.807) is 6.07 Å². The first-order valence-corrected chi connectivity index (χ1v) is 5.56. The molecule has 2 rings (SSSR count). The minimum Gasteiger partial charge on any atom is -0.375 e. The van der Waals surface area contributed by atoms with Crippen LogP contribution in [-0.2, 0) is 11.3 Å². The highest BCUT2D eigenvalue weighted by atomic mass is 19.1. The van der Waals surface area contributed by atoms with Gasteiger partial charge in [-0.1, -0.05) is 6.07 Å². The molecule has 1 saturated heterocycles. The monoisotopic (exact) mass is 224 g/mol. The molecule has 2 N–H and O–H groups in total. The van der Waals surface area contributed by atoms with Crippen LogP contribution in [-0.4, -0.2) is 25.8 Å². The molecule has 0 aromatic heterocycles. The predicted octanol–water partition coefficient (Wildman–Crippen LogP) is 1.51. The van der Waals surface area contributed by atoms with Gasteiger partial charge in [-0.05, 0) is 19.1 Å². The quantitative estimate of drug-likeness (QED) is 0.827. The van der Waals surface area contributed by atoms with E-state index in [-0.39, 0.29) is 18.5 Å². The van der Waals surface area contributed by atoms with Gasteiger partial charge in [0.25, 0.3) is 0 Å². The van der Waals surface area contributed by atoms with Crippen molar-refractivity contribution in [3.63, 3.8) is 0 Å². The molecule has 1 unspecified atom stereocenters. The van der Waals surface area contributed by atoms with Crippen molar-refractivity contribution in [1.82, 2.24) is 0 Å². The van der Waals surface area contributed by atoms with E-state index >= 15 is 0 Å². The third-order valence-corrected chi connectivity index (χ3v) is 2.88. The Morgan fingerprint density at radius 1 is 1.56 bits per heavy atom. The molecule has 1 aromatic carbocycles. The Morgan fingerprint density at radius 3 is 3.06 bits per heavy atom. The Kier molecular flexibility index (Phi) is 3.41. The predicted molar refractivity (Wildman–Crippen MR) is 61.9 cm³/mol. The molecule has 1 heterocycles. The molecule has 1 aliphatic heterocycles. The first-order valence-electron chi connectivity index (χ1n) is 5.56. The molecule has 16 heavy (non-hydrogen) atoms. The largest absolute Gasteiger partial charge is 0.375 e. The maximum atomic E-state index is 13.6. The number of hydrogen-bond acceptors (Lipinski definition) is 3. The lowest BCUT2D eigenvalue weighted by Gasteiger charge is -2.34. The molecule has 1 aromatic rings. The summed E-state index contributed by atoms with van der Waals surface area (Å²) in [5, 5.41) is 0. The summed E-state index contributed by atoms with van der Waals surface area (Å²) in [6.45, 7) is 4.51. The first kappa shape index (κ1) is 11.4. The van der Waals surface area contributed by atoms with Crippen LogP contribution in [0.3, 0.4) is 0 Å². The van der Waals surface area contributed by atoms with Crippen molar-refractivity contribution in [2.24, 2.45) is 5.73 Å². The Morgan fingerprint density at radius 2 is 2.38 bits per heavy atom. The lowest BCUT2D eigenvalue weighted by Crippen LogP contribution is -2.41. The second kappa shape index (κ2) is 4.80. The van der Waals surface area contributed by atoms with Crippen LogP contribution in [0, 0.1) is 5.82 Å². The van der Waals surface area contributed by atoms with Crippen LogP contribution in [0.2, 0.25) is 0 Å². The Hall–Kier alpha value is -1.13. The van der Waals surface area contributed by atoms with E-state index in [2.05, 4.69) is 4.90 Å². The topological polar surface area (TPSA) is 38.5 Å². The molecule has 0 bridgehead atoms. The zero-order valence-electron chi connectivity index (χ0n) is 9.45. The van der Waals surface area contributed by atoms with Crippen LogP contribution in [0.15, 0.2) is 18.2 Å². The number of rotatable bonds is 2. The normalized spacial score (nSPS) is 21.2. The van der Waals surface area contributed by atoms with Gasteiger partial charge < -0.3 is 15.4 Å². The van der Waals surface area contributed by atoms with Gasteiger partial charge >= 0.3 is 0 Å². The summed E-state index contributed by atoms with van der Waals surface area (Å²) in [5.74, 6) is -0.223. The first-order chi connectivity index (χ1) is 7.72. The third kappa shape index (κ3) is 2.18. The number of hydrogen-bond donors (Lipinski definition) is 1. The zero-order chi connectivity index (χ0) is 11.5. The molecular formula is C12H17FN2O. The molecule has 0 radical (unpaired) electrons. The molecule has 0 spiro atoms. The molecule has 1 fully saturated rings. The second-order valence-electron chi connectivity index (χ2n) is 4.07. The van der Waals surface area contributed by atoms with Crippen LogP contribution in [0.4, 0.5) is 10.1 Å². The minimum atomic E-state index is -0.223. The number of benzene rings is 1. The van der Waals surface area contributed by atoms with Crippen molar-refractivity contribution < 1.29 is 9.13 Å². The molecule has 0 amide bonds. The summed E-state index contributed by atoms with van der Waals surface area (Å²) in [7, 11) is 0. The molecule has 88 valence electrons. The van der Waals surface area contributed by atoms with Gasteiger partial charge in [0.15, 0.2) is 0 Å². The van der Waals surface area contributed by atoms with Crippen molar-refractivity contribution in [2.75, 3.05) is 24.6 Å². The lowest BCUT2D eigenvalue weighted by atomic mass is 10.1. The number of morpholine rings is 1.